The van der Waals surface area contributed by atoms with Crippen molar-refractivity contribution in [3.63, 3.8) is 0 Å². The van der Waals surface area contributed by atoms with Gasteiger partial charge in [0.05, 0.1) is 17.2 Å². The first-order chi connectivity index (χ1) is 10.2. The van der Waals surface area contributed by atoms with Gasteiger partial charge in [0.15, 0.2) is 0 Å². The molecule has 0 saturated heterocycles. The lowest BCUT2D eigenvalue weighted by atomic mass is 10.0. The maximum Gasteiger partial charge on any atom is 0.307 e. The van der Waals surface area contributed by atoms with Crippen LogP contribution in [0.4, 0.5) is 5.69 Å². The van der Waals surface area contributed by atoms with Gasteiger partial charge in [0, 0.05) is 20.3 Å². The summed E-state index contributed by atoms with van der Waals surface area (Å²) in [6.07, 6.45) is 4.19. The van der Waals surface area contributed by atoms with Crippen molar-refractivity contribution in [2.75, 3.05) is 7.05 Å². The Kier molecular flexibility index (Phi) is 3.98. The van der Waals surface area contributed by atoms with Crippen molar-refractivity contribution in [3.05, 3.63) is 40.5 Å². The fourth-order valence-corrected chi connectivity index (χ4v) is 2.14. The van der Waals surface area contributed by atoms with Crippen LogP contribution in [0, 0.1) is 10.1 Å². The number of likely N-dealkylation sites (N-methyl/N-ethyl adjacent to an activating group) is 1. The topological polar surface area (TPSA) is 99.1 Å². The molecule has 0 unspecified atom stereocenters. The number of aromatic nitrogens is 4. The van der Waals surface area contributed by atoms with Gasteiger partial charge in [0.25, 0.3) is 0 Å². The predicted octanol–water partition coefficient (Wildman–Crippen LogP) is 0.918. The van der Waals surface area contributed by atoms with Crippen molar-refractivity contribution in [2.24, 2.45) is 7.05 Å². The van der Waals surface area contributed by atoms with Gasteiger partial charge in [-0.15, -0.1) is 0 Å². The highest BCUT2D eigenvalue weighted by Gasteiger charge is 2.34. The van der Waals surface area contributed by atoms with Gasteiger partial charge in [-0.25, -0.2) is 0 Å². The van der Waals surface area contributed by atoms with E-state index in [0.717, 1.165) is 11.9 Å². The quantitative estimate of drug-likeness (QED) is 0.604. The molecule has 1 amide bonds. The molecule has 9 nitrogen and oxygen atoms in total. The van der Waals surface area contributed by atoms with E-state index in [1.807, 2.05) is 6.07 Å². The Morgan fingerprint density at radius 1 is 1.50 bits per heavy atom. The van der Waals surface area contributed by atoms with Crippen LogP contribution in [0.5, 0.6) is 0 Å². The standard InChI is InChI=1S/C13H18N6O3/c1-13(2,18-9-11(7-14-18)19(21)22)12(20)16(3)8-10-5-6-17(4)15-10/h5-7,9H,8H2,1-4H3. The van der Waals surface area contributed by atoms with Gasteiger partial charge in [-0.3, -0.25) is 24.3 Å². The number of amides is 1. The number of aryl methyl sites for hydroxylation is 1. The monoisotopic (exact) mass is 306 g/mol. The molecule has 2 heterocycles. The Balaban J connectivity index is 2.16. The number of carbonyl (C=O) groups excluding carboxylic acids is 1. The highest BCUT2D eigenvalue weighted by molar-refractivity contribution is 5.83. The molecule has 0 spiro atoms. The molecule has 22 heavy (non-hydrogen) atoms. The second-order valence-corrected chi connectivity index (χ2v) is 5.60. The molecule has 0 radical (unpaired) electrons. The van der Waals surface area contributed by atoms with E-state index < -0.39 is 10.5 Å². The molecule has 0 aliphatic carbocycles. The van der Waals surface area contributed by atoms with Crippen LogP contribution in [-0.4, -0.2) is 42.3 Å². The summed E-state index contributed by atoms with van der Waals surface area (Å²) in [5.41, 5.74) is -0.411. The number of hydrogen-bond acceptors (Lipinski definition) is 5. The number of rotatable bonds is 5. The summed E-state index contributed by atoms with van der Waals surface area (Å²) < 4.78 is 2.97. The maximum atomic E-state index is 12.6. The normalized spacial score (nSPS) is 11.5. The van der Waals surface area contributed by atoms with Gasteiger partial charge in [-0.05, 0) is 19.9 Å². The van der Waals surface area contributed by atoms with Crippen LogP contribution < -0.4 is 0 Å². The lowest BCUT2D eigenvalue weighted by Gasteiger charge is -2.29. The van der Waals surface area contributed by atoms with Crippen molar-refractivity contribution in [1.82, 2.24) is 24.5 Å². The first kappa shape index (κ1) is 15.7. The molecular weight excluding hydrogens is 288 g/mol. The van der Waals surface area contributed by atoms with Crippen LogP contribution in [0.25, 0.3) is 0 Å². The van der Waals surface area contributed by atoms with Gasteiger partial charge in [-0.2, -0.15) is 10.2 Å². The molecule has 0 aliphatic rings. The predicted molar refractivity (Wildman–Crippen MR) is 77.9 cm³/mol. The Hall–Kier alpha value is -2.71. The average molecular weight is 306 g/mol. The summed E-state index contributed by atoms with van der Waals surface area (Å²) >= 11 is 0. The van der Waals surface area contributed by atoms with Crippen molar-refractivity contribution in [1.29, 1.82) is 0 Å². The molecule has 0 aliphatic heterocycles. The van der Waals surface area contributed by atoms with Crippen LogP contribution in [0.2, 0.25) is 0 Å². The summed E-state index contributed by atoms with van der Waals surface area (Å²) in [7, 11) is 3.47. The zero-order valence-electron chi connectivity index (χ0n) is 12.9. The molecular formula is C13H18N6O3. The SMILES string of the molecule is CN(Cc1ccn(C)n1)C(=O)C(C)(C)n1cc([N+](=O)[O-])cn1. The molecule has 2 aromatic heterocycles. The van der Waals surface area contributed by atoms with E-state index in [4.69, 9.17) is 0 Å². The van der Waals surface area contributed by atoms with Crippen LogP contribution in [0.15, 0.2) is 24.7 Å². The molecule has 2 rings (SSSR count). The molecule has 0 saturated carbocycles. The van der Waals surface area contributed by atoms with Gasteiger partial charge in [0.1, 0.15) is 17.9 Å². The summed E-state index contributed by atoms with van der Waals surface area (Å²) in [4.78, 5) is 24.3. The zero-order chi connectivity index (χ0) is 16.5. The Morgan fingerprint density at radius 3 is 2.68 bits per heavy atom. The Morgan fingerprint density at radius 2 is 2.18 bits per heavy atom. The number of hydrogen-bond donors (Lipinski definition) is 0. The molecule has 0 aromatic carbocycles. The highest BCUT2D eigenvalue weighted by atomic mass is 16.6. The van der Waals surface area contributed by atoms with E-state index in [9.17, 15) is 14.9 Å². The minimum atomic E-state index is -1.03. The van der Waals surface area contributed by atoms with E-state index in [2.05, 4.69) is 10.2 Å². The molecule has 118 valence electrons. The van der Waals surface area contributed by atoms with E-state index >= 15 is 0 Å². The van der Waals surface area contributed by atoms with Crippen LogP contribution >= 0.6 is 0 Å². The number of carbonyl (C=O) groups is 1. The molecule has 2 aromatic rings. The molecule has 0 N–H and O–H groups in total. The minimum Gasteiger partial charge on any atom is -0.338 e. The van der Waals surface area contributed by atoms with E-state index in [1.165, 1.54) is 15.8 Å². The second kappa shape index (κ2) is 5.58. The third-order valence-corrected chi connectivity index (χ3v) is 3.39. The van der Waals surface area contributed by atoms with Crippen LogP contribution in [-0.2, 0) is 23.9 Å². The molecule has 0 fully saturated rings. The van der Waals surface area contributed by atoms with E-state index in [0.29, 0.717) is 6.54 Å². The lowest BCUT2D eigenvalue weighted by molar-refractivity contribution is -0.385. The summed E-state index contributed by atoms with van der Waals surface area (Å²) in [5, 5.41) is 18.9. The summed E-state index contributed by atoms with van der Waals surface area (Å²) in [6.45, 7) is 3.69. The number of nitro groups is 1. The Labute approximate surface area is 127 Å². The number of nitrogens with zero attached hydrogens (tertiary/aromatic N) is 6. The Bertz CT molecular complexity index is 702. The fraction of sp³-hybridized carbons (Fsp3) is 0.462. The minimum absolute atomic E-state index is 0.145. The summed E-state index contributed by atoms with van der Waals surface area (Å²) in [5.74, 6) is -0.212. The third kappa shape index (κ3) is 2.97. The average Bonchev–Trinajstić information content (AvgIpc) is 3.07. The smallest absolute Gasteiger partial charge is 0.307 e. The molecule has 9 heteroatoms. The molecule has 0 bridgehead atoms. The highest BCUT2D eigenvalue weighted by Crippen LogP contribution is 2.21. The lowest BCUT2D eigenvalue weighted by Crippen LogP contribution is -2.45. The van der Waals surface area contributed by atoms with Gasteiger partial charge >= 0.3 is 5.69 Å². The van der Waals surface area contributed by atoms with Gasteiger partial charge in [-0.1, -0.05) is 0 Å². The largest absolute Gasteiger partial charge is 0.338 e. The van der Waals surface area contributed by atoms with E-state index in [1.54, 1.807) is 38.8 Å². The molecule has 0 atom stereocenters. The van der Waals surface area contributed by atoms with Crippen molar-refractivity contribution in [3.8, 4) is 0 Å². The van der Waals surface area contributed by atoms with E-state index in [-0.39, 0.29) is 11.6 Å². The van der Waals surface area contributed by atoms with Crippen molar-refractivity contribution >= 4 is 11.6 Å². The maximum absolute atomic E-state index is 12.6. The van der Waals surface area contributed by atoms with Gasteiger partial charge < -0.3 is 4.90 Å². The van der Waals surface area contributed by atoms with Crippen LogP contribution in [0.1, 0.15) is 19.5 Å². The zero-order valence-corrected chi connectivity index (χ0v) is 12.9. The first-order valence-corrected chi connectivity index (χ1v) is 6.65. The fourth-order valence-electron chi connectivity index (χ4n) is 2.14. The first-order valence-electron chi connectivity index (χ1n) is 6.65. The van der Waals surface area contributed by atoms with Crippen molar-refractivity contribution < 1.29 is 9.72 Å². The second-order valence-electron chi connectivity index (χ2n) is 5.60. The van der Waals surface area contributed by atoms with Crippen molar-refractivity contribution in [2.45, 2.75) is 25.9 Å². The third-order valence-electron chi connectivity index (χ3n) is 3.39. The van der Waals surface area contributed by atoms with Gasteiger partial charge in [0.2, 0.25) is 5.91 Å². The van der Waals surface area contributed by atoms with Crippen LogP contribution in [0.3, 0.4) is 0 Å². The summed E-state index contributed by atoms with van der Waals surface area (Å²) in [6, 6.07) is 1.83.